The molecule has 0 rings (SSSR count). The third-order valence-electron chi connectivity index (χ3n) is 17.5. The summed E-state index contributed by atoms with van der Waals surface area (Å²) in [6.45, 7) is 4.95. The van der Waals surface area contributed by atoms with Gasteiger partial charge in [-0.15, -0.1) is 0 Å². The van der Waals surface area contributed by atoms with Crippen LogP contribution in [-0.4, -0.2) is 47.4 Å². The monoisotopic (exact) mass is 1140 g/mol. The first-order valence-electron chi connectivity index (χ1n) is 37.1. The number of hydrogen-bond acceptors (Lipinski definition) is 5. The highest BCUT2D eigenvalue weighted by atomic mass is 16.5. The molecule has 0 aliphatic carbocycles. The van der Waals surface area contributed by atoms with Crippen LogP contribution >= 0.6 is 0 Å². The molecule has 3 N–H and O–H groups in total. The zero-order valence-corrected chi connectivity index (χ0v) is 55.0. The normalized spacial score (nSPS) is 12.6. The zero-order valence-electron chi connectivity index (χ0n) is 55.0. The lowest BCUT2D eigenvalue weighted by Gasteiger charge is -2.20. The van der Waals surface area contributed by atoms with E-state index in [0.29, 0.717) is 19.4 Å². The largest absolute Gasteiger partial charge is 0.466 e. The van der Waals surface area contributed by atoms with Gasteiger partial charge in [0.25, 0.3) is 0 Å². The van der Waals surface area contributed by atoms with E-state index >= 15 is 0 Å². The second-order valence-electron chi connectivity index (χ2n) is 25.6. The summed E-state index contributed by atoms with van der Waals surface area (Å²) in [5.41, 5.74) is 0. The SMILES string of the molecule is CCCCCCCCCCCCCCCCCCCCCCCCC/C=C/C(O)C(CO)NC(=O)CCCCCCCCC/C=C\CCCCCCCCCCCCOC(=O)CCCCCCCCCCCCCCCCCCCC. The van der Waals surface area contributed by atoms with Gasteiger partial charge in [0.15, 0.2) is 0 Å². The molecule has 6 nitrogen and oxygen atoms in total. The number of esters is 1. The predicted molar refractivity (Wildman–Crippen MR) is 356 cm³/mol. The Morgan fingerprint density at radius 1 is 0.333 bits per heavy atom. The third-order valence-corrected chi connectivity index (χ3v) is 17.5. The zero-order chi connectivity index (χ0) is 58.5. The van der Waals surface area contributed by atoms with E-state index in [1.807, 2.05) is 6.08 Å². The average molecular weight is 1140 g/mol. The minimum absolute atomic E-state index is 0.0131. The van der Waals surface area contributed by atoms with Crippen molar-refractivity contribution in [3.05, 3.63) is 24.3 Å². The van der Waals surface area contributed by atoms with Crippen LogP contribution in [0, 0.1) is 0 Å². The maximum Gasteiger partial charge on any atom is 0.305 e. The van der Waals surface area contributed by atoms with Crippen molar-refractivity contribution in [1.29, 1.82) is 0 Å². The highest BCUT2D eigenvalue weighted by Crippen LogP contribution is 2.19. The summed E-state index contributed by atoms with van der Waals surface area (Å²) in [7, 11) is 0. The molecule has 0 heterocycles. The van der Waals surface area contributed by atoms with Gasteiger partial charge in [-0.3, -0.25) is 9.59 Å². The lowest BCUT2D eigenvalue weighted by atomic mass is 10.0. The Morgan fingerprint density at radius 3 is 0.877 bits per heavy atom. The van der Waals surface area contributed by atoms with Crippen LogP contribution in [0.5, 0.6) is 0 Å². The third kappa shape index (κ3) is 67.3. The van der Waals surface area contributed by atoms with E-state index in [-0.39, 0.29) is 18.5 Å². The van der Waals surface area contributed by atoms with Gasteiger partial charge in [-0.05, 0) is 57.8 Å². The summed E-state index contributed by atoms with van der Waals surface area (Å²) < 4.78 is 5.51. The summed E-state index contributed by atoms with van der Waals surface area (Å²) in [6.07, 6.45) is 89.8. The van der Waals surface area contributed by atoms with Gasteiger partial charge in [0, 0.05) is 12.8 Å². The molecule has 0 aromatic carbocycles. The standard InChI is InChI=1S/C75H145NO5/c1-3-5-7-9-11-13-15-17-19-21-23-24-25-26-27-29-32-35-39-43-47-51-55-59-63-67-73(78)72(71-77)76-74(79)68-64-60-56-52-48-44-40-36-33-30-28-31-34-38-42-46-50-54-58-62-66-70-81-75(80)69-65-61-57-53-49-45-41-37-22-20-18-16-14-12-10-8-6-4-2/h30,33,63,67,72-73,77-78H,3-29,31-32,34-62,64-66,68-71H2,1-2H3,(H,76,79)/b33-30-,67-63+. The molecule has 0 aromatic rings. The van der Waals surface area contributed by atoms with Crippen molar-refractivity contribution < 1.29 is 24.5 Å². The van der Waals surface area contributed by atoms with Gasteiger partial charge in [-0.1, -0.05) is 372 Å². The molecule has 0 fully saturated rings. The number of nitrogens with one attached hydrogen (secondary N) is 1. The summed E-state index contributed by atoms with van der Waals surface area (Å²) in [6, 6.07) is -0.635. The average Bonchev–Trinajstić information content (AvgIpc) is 3.47. The minimum atomic E-state index is -0.851. The molecule has 480 valence electrons. The number of aliphatic hydroxyl groups excluding tert-OH is 2. The fraction of sp³-hybridized carbons (Fsp3) is 0.920. The first-order chi connectivity index (χ1) is 40.0. The van der Waals surface area contributed by atoms with Crippen LogP contribution < -0.4 is 5.32 Å². The summed E-state index contributed by atoms with van der Waals surface area (Å²) in [5, 5.41) is 23.3. The molecule has 0 saturated heterocycles. The topological polar surface area (TPSA) is 95.9 Å². The number of allylic oxidation sites excluding steroid dienone is 3. The minimum Gasteiger partial charge on any atom is -0.466 e. The fourth-order valence-corrected chi connectivity index (χ4v) is 11.8. The van der Waals surface area contributed by atoms with Crippen molar-refractivity contribution in [3.8, 4) is 0 Å². The molecule has 0 saturated carbocycles. The molecule has 0 radical (unpaired) electrons. The predicted octanol–water partition coefficient (Wildman–Crippen LogP) is 24.1. The van der Waals surface area contributed by atoms with Gasteiger partial charge in [-0.2, -0.15) is 0 Å². The lowest BCUT2D eigenvalue weighted by Crippen LogP contribution is -2.45. The van der Waals surface area contributed by atoms with Gasteiger partial charge in [0.05, 0.1) is 25.4 Å². The van der Waals surface area contributed by atoms with Crippen LogP contribution in [0.2, 0.25) is 0 Å². The molecule has 6 heteroatoms. The number of amides is 1. The van der Waals surface area contributed by atoms with Gasteiger partial charge in [-0.25, -0.2) is 0 Å². The molecule has 2 unspecified atom stereocenters. The van der Waals surface area contributed by atoms with E-state index < -0.39 is 12.1 Å². The van der Waals surface area contributed by atoms with Crippen LogP contribution in [0.3, 0.4) is 0 Å². The van der Waals surface area contributed by atoms with Crippen molar-refractivity contribution in [3.63, 3.8) is 0 Å². The van der Waals surface area contributed by atoms with Gasteiger partial charge in [0.1, 0.15) is 0 Å². The van der Waals surface area contributed by atoms with Gasteiger partial charge in [0.2, 0.25) is 5.91 Å². The summed E-state index contributed by atoms with van der Waals surface area (Å²) in [4.78, 5) is 24.7. The van der Waals surface area contributed by atoms with E-state index in [4.69, 9.17) is 4.74 Å². The number of carbonyl (C=O) groups is 2. The van der Waals surface area contributed by atoms with Gasteiger partial charge < -0.3 is 20.3 Å². The maximum absolute atomic E-state index is 12.5. The number of hydrogen-bond donors (Lipinski definition) is 3. The van der Waals surface area contributed by atoms with E-state index in [9.17, 15) is 19.8 Å². The molecule has 0 aliphatic rings. The molecule has 1 amide bonds. The van der Waals surface area contributed by atoms with E-state index in [1.165, 1.54) is 347 Å². The molecule has 81 heavy (non-hydrogen) atoms. The molecule has 2 atom stereocenters. The second kappa shape index (κ2) is 70.8. The molecular formula is C75H145NO5. The number of rotatable bonds is 70. The summed E-state index contributed by atoms with van der Waals surface area (Å²) >= 11 is 0. The molecule has 0 bridgehead atoms. The molecule has 0 aliphatic heterocycles. The first kappa shape index (κ1) is 79.3. The number of aliphatic hydroxyl groups is 2. The van der Waals surface area contributed by atoms with Crippen molar-refractivity contribution in [1.82, 2.24) is 5.32 Å². The lowest BCUT2D eigenvalue weighted by molar-refractivity contribution is -0.143. The van der Waals surface area contributed by atoms with Crippen molar-refractivity contribution in [2.45, 2.75) is 431 Å². The Balaban J connectivity index is 3.43. The summed E-state index contributed by atoms with van der Waals surface area (Å²) in [5.74, 6) is -0.0578. The van der Waals surface area contributed by atoms with Crippen LogP contribution in [0.25, 0.3) is 0 Å². The Kier molecular flexibility index (Phi) is 69.4. The number of unbranched alkanes of at least 4 members (excludes halogenated alkanes) is 57. The van der Waals surface area contributed by atoms with Crippen molar-refractivity contribution in [2.24, 2.45) is 0 Å². The van der Waals surface area contributed by atoms with E-state index in [1.54, 1.807) is 6.08 Å². The molecular weight excluding hydrogens is 995 g/mol. The quantitative estimate of drug-likeness (QED) is 0.0320. The van der Waals surface area contributed by atoms with E-state index in [0.717, 1.165) is 44.9 Å². The Morgan fingerprint density at radius 2 is 0.580 bits per heavy atom. The van der Waals surface area contributed by atoms with E-state index in [2.05, 4.69) is 31.3 Å². The fourth-order valence-electron chi connectivity index (χ4n) is 11.8. The Labute approximate surface area is 507 Å². The number of carbonyl (C=O) groups excluding carboxylic acids is 2. The van der Waals surface area contributed by atoms with Crippen LogP contribution in [0.15, 0.2) is 24.3 Å². The van der Waals surface area contributed by atoms with Crippen molar-refractivity contribution in [2.75, 3.05) is 13.2 Å². The molecule has 0 aromatic heterocycles. The Hall–Kier alpha value is -1.66. The number of ether oxygens (including phenoxy) is 1. The second-order valence-corrected chi connectivity index (χ2v) is 25.6. The van der Waals surface area contributed by atoms with Crippen molar-refractivity contribution >= 4 is 11.9 Å². The maximum atomic E-state index is 12.5. The van der Waals surface area contributed by atoms with Gasteiger partial charge >= 0.3 is 5.97 Å². The van der Waals surface area contributed by atoms with Crippen LogP contribution in [0.4, 0.5) is 0 Å². The Bertz CT molecular complexity index is 1270. The highest BCUT2D eigenvalue weighted by molar-refractivity contribution is 5.76. The van der Waals surface area contributed by atoms with Crippen LogP contribution in [-0.2, 0) is 14.3 Å². The first-order valence-corrected chi connectivity index (χ1v) is 37.1. The highest BCUT2D eigenvalue weighted by Gasteiger charge is 2.18. The smallest absolute Gasteiger partial charge is 0.305 e. The van der Waals surface area contributed by atoms with Crippen LogP contribution in [0.1, 0.15) is 418 Å². The molecule has 0 spiro atoms.